The first kappa shape index (κ1) is 24.7. The van der Waals surface area contributed by atoms with Crippen LogP contribution in [0.15, 0.2) is 47.4 Å². The van der Waals surface area contributed by atoms with E-state index in [4.69, 9.17) is 4.74 Å². The average Bonchev–Trinajstić information content (AvgIpc) is 2.75. The lowest BCUT2D eigenvalue weighted by atomic mass is 10.1. The molecule has 0 amide bonds. The van der Waals surface area contributed by atoms with Gasteiger partial charge in [0.2, 0.25) is 10.0 Å². The second-order valence-corrected chi connectivity index (χ2v) is 9.16. The summed E-state index contributed by atoms with van der Waals surface area (Å²) >= 11 is 0. The minimum atomic E-state index is -3.98. The van der Waals surface area contributed by atoms with Gasteiger partial charge in [0, 0.05) is 19.6 Å². The fourth-order valence-electron chi connectivity index (χ4n) is 3.15. The number of benzene rings is 2. The zero-order chi connectivity index (χ0) is 22.9. The van der Waals surface area contributed by atoms with Crippen molar-refractivity contribution in [1.82, 2.24) is 4.31 Å². The van der Waals surface area contributed by atoms with Crippen molar-refractivity contribution < 1.29 is 23.1 Å². The first-order valence-corrected chi connectivity index (χ1v) is 12.2. The highest BCUT2D eigenvalue weighted by atomic mass is 32.2. The van der Waals surface area contributed by atoms with Gasteiger partial charge in [-0.1, -0.05) is 45.4 Å². The fraction of sp³-hybridized carbons (Fsp3) is 0.435. The Morgan fingerprint density at radius 1 is 1.03 bits per heavy atom. The van der Waals surface area contributed by atoms with Crippen molar-refractivity contribution in [2.24, 2.45) is 0 Å². The molecule has 0 heterocycles. The second-order valence-electron chi connectivity index (χ2n) is 7.26. The number of carboxylic acid groups (broad SMARTS) is 1. The van der Waals surface area contributed by atoms with Crippen molar-refractivity contribution >= 4 is 21.7 Å². The molecule has 0 saturated heterocycles. The average molecular weight is 449 g/mol. The topological polar surface area (TPSA) is 95.9 Å². The number of para-hydroxylation sites is 1. The van der Waals surface area contributed by atoms with Crippen LogP contribution in [0.5, 0.6) is 11.5 Å². The Hall–Kier alpha value is -2.58. The van der Waals surface area contributed by atoms with Gasteiger partial charge >= 0.3 is 5.97 Å². The maximum Gasteiger partial charge on any atom is 0.335 e. The Balaban J connectivity index is 2.70. The van der Waals surface area contributed by atoms with E-state index in [0.29, 0.717) is 43.9 Å². The van der Waals surface area contributed by atoms with Crippen molar-refractivity contribution in [3.8, 4) is 11.5 Å². The molecule has 2 aromatic rings. The Bertz CT molecular complexity index is 955. The van der Waals surface area contributed by atoms with Gasteiger partial charge in [0.15, 0.2) is 5.75 Å². The van der Waals surface area contributed by atoms with Crippen molar-refractivity contribution in [2.75, 3.05) is 25.0 Å². The number of anilines is 1. The molecule has 0 bridgehead atoms. The van der Waals surface area contributed by atoms with Crippen LogP contribution >= 0.6 is 0 Å². The molecule has 0 aliphatic rings. The molecule has 0 fully saturated rings. The Morgan fingerprint density at radius 3 is 2.23 bits per heavy atom. The molecular weight excluding hydrogens is 416 g/mol. The van der Waals surface area contributed by atoms with E-state index in [9.17, 15) is 18.3 Å². The summed E-state index contributed by atoms with van der Waals surface area (Å²) in [6.07, 6.45) is 3.08. The molecule has 2 N–H and O–H groups in total. The number of rotatable bonds is 13. The Labute approximate surface area is 185 Å². The van der Waals surface area contributed by atoms with Crippen molar-refractivity contribution in [3.05, 3.63) is 48.0 Å². The summed E-state index contributed by atoms with van der Waals surface area (Å²) in [4.78, 5) is 11.6. The summed E-state index contributed by atoms with van der Waals surface area (Å²) in [5.41, 5.74) is 0.245. The second kappa shape index (κ2) is 11.7. The molecule has 0 aromatic heterocycles. The summed E-state index contributed by atoms with van der Waals surface area (Å²) in [7, 11) is -3.98. The lowest BCUT2D eigenvalue weighted by Crippen LogP contribution is -2.33. The standard InChI is InChI=1S/C23H32N2O5S/c1-4-7-13-24-20-16-18(23(26)27)17-21(22(20)30-19-11-9-8-10-12-19)31(28,29)25(14-5-2)15-6-3/h8-12,16-17,24H,4-7,13-15H2,1-3H3,(H,26,27). The predicted octanol–water partition coefficient (Wildman–Crippen LogP) is 5.20. The number of carbonyl (C=O) groups is 1. The molecular formula is C23H32N2O5S. The number of hydrogen-bond donors (Lipinski definition) is 2. The van der Waals surface area contributed by atoms with Crippen LogP contribution in [0.1, 0.15) is 56.8 Å². The summed E-state index contributed by atoms with van der Waals surface area (Å²) < 4.78 is 34.6. The smallest absolute Gasteiger partial charge is 0.335 e. The Kier molecular flexibility index (Phi) is 9.33. The van der Waals surface area contributed by atoms with E-state index < -0.39 is 16.0 Å². The minimum absolute atomic E-state index is 0.106. The van der Waals surface area contributed by atoms with E-state index in [-0.39, 0.29) is 16.2 Å². The first-order chi connectivity index (χ1) is 14.8. The molecule has 0 unspecified atom stereocenters. The van der Waals surface area contributed by atoms with Gasteiger partial charge in [0.05, 0.1) is 11.3 Å². The van der Waals surface area contributed by atoms with Gasteiger partial charge in [-0.15, -0.1) is 0 Å². The van der Waals surface area contributed by atoms with Crippen LogP contribution in [-0.4, -0.2) is 43.4 Å². The summed E-state index contributed by atoms with van der Waals surface area (Å²) in [5.74, 6) is -0.610. The van der Waals surface area contributed by atoms with E-state index >= 15 is 0 Å². The van der Waals surface area contributed by atoms with E-state index in [1.807, 2.05) is 26.8 Å². The molecule has 31 heavy (non-hydrogen) atoms. The molecule has 0 saturated carbocycles. The number of nitrogens with one attached hydrogen (secondary N) is 1. The van der Waals surface area contributed by atoms with E-state index in [0.717, 1.165) is 12.8 Å². The van der Waals surface area contributed by atoms with Gasteiger partial charge in [-0.05, 0) is 43.5 Å². The fourth-order valence-corrected chi connectivity index (χ4v) is 4.94. The van der Waals surface area contributed by atoms with Crippen LogP contribution in [0.25, 0.3) is 0 Å². The molecule has 0 atom stereocenters. The van der Waals surface area contributed by atoms with Crippen LogP contribution < -0.4 is 10.1 Å². The maximum absolute atomic E-state index is 13.6. The molecule has 170 valence electrons. The van der Waals surface area contributed by atoms with Crippen LogP contribution in [0, 0.1) is 0 Å². The number of nitrogens with zero attached hydrogens (tertiary/aromatic N) is 1. The van der Waals surface area contributed by atoms with Crippen LogP contribution in [0.2, 0.25) is 0 Å². The highest BCUT2D eigenvalue weighted by Crippen LogP contribution is 2.39. The van der Waals surface area contributed by atoms with Gasteiger partial charge in [-0.3, -0.25) is 0 Å². The van der Waals surface area contributed by atoms with E-state index in [1.54, 1.807) is 24.3 Å². The zero-order valence-electron chi connectivity index (χ0n) is 18.4. The van der Waals surface area contributed by atoms with Gasteiger partial charge < -0.3 is 15.2 Å². The first-order valence-electron chi connectivity index (χ1n) is 10.7. The minimum Gasteiger partial charge on any atom is -0.478 e. The summed E-state index contributed by atoms with van der Waals surface area (Å²) in [5, 5.41) is 12.8. The molecule has 0 spiro atoms. The molecule has 0 aliphatic heterocycles. The Morgan fingerprint density at radius 2 is 1.68 bits per heavy atom. The highest BCUT2D eigenvalue weighted by molar-refractivity contribution is 7.89. The third-order valence-electron chi connectivity index (χ3n) is 4.67. The van der Waals surface area contributed by atoms with Gasteiger partial charge in [-0.2, -0.15) is 4.31 Å². The quantitative estimate of drug-likeness (QED) is 0.409. The summed E-state index contributed by atoms with van der Waals surface area (Å²) in [6.45, 7) is 7.11. The molecule has 0 radical (unpaired) electrons. The van der Waals surface area contributed by atoms with Gasteiger partial charge in [-0.25, -0.2) is 13.2 Å². The normalized spacial score (nSPS) is 11.5. The number of hydrogen-bond acceptors (Lipinski definition) is 5. The molecule has 0 aliphatic carbocycles. The van der Waals surface area contributed by atoms with Gasteiger partial charge in [0.25, 0.3) is 0 Å². The third kappa shape index (κ3) is 6.45. The lowest BCUT2D eigenvalue weighted by molar-refractivity contribution is 0.0696. The van der Waals surface area contributed by atoms with Crippen molar-refractivity contribution in [2.45, 2.75) is 51.3 Å². The van der Waals surface area contributed by atoms with Gasteiger partial charge in [0.1, 0.15) is 10.6 Å². The third-order valence-corrected chi connectivity index (χ3v) is 6.58. The molecule has 7 nitrogen and oxygen atoms in total. The molecule has 2 rings (SSSR count). The van der Waals surface area contributed by atoms with Crippen LogP contribution in [-0.2, 0) is 10.0 Å². The van der Waals surface area contributed by atoms with E-state index in [1.165, 1.54) is 16.4 Å². The molecule has 8 heteroatoms. The molecule has 2 aromatic carbocycles. The maximum atomic E-state index is 13.6. The number of sulfonamides is 1. The van der Waals surface area contributed by atoms with Crippen LogP contribution in [0.4, 0.5) is 5.69 Å². The zero-order valence-corrected chi connectivity index (χ0v) is 19.2. The summed E-state index contributed by atoms with van der Waals surface area (Å²) in [6, 6.07) is 11.5. The number of carboxylic acids is 1. The largest absolute Gasteiger partial charge is 0.478 e. The van der Waals surface area contributed by atoms with Crippen LogP contribution in [0.3, 0.4) is 0 Å². The number of aromatic carboxylic acids is 1. The monoisotopic (exact) mass is 448 g/mol. The SMILES string of the molecule is CCCCNc1cc(C(=O)O)cc(S(=O)(=O)N(CCC)CCC)c1Oc1ccccc1. The van der Waals surface area contributed by atoms with Crippen molar-refractivity contribution in [3.63, 3.8) is 0 Å². The predicted molar refractivity (Wildman–Crippen MR) is 123 cm³/mol. The highest BCUT2D eigenvalue weighted by Gasteiger charge is 2.30. The van der Waals surface area contributed by atoms with E-state index in [2.05, 4.69) is 5.32 Å². The number of ether oxygens (including phenoxy) is 1. The van der Waals surface area contributed by atoms with Crippen molar-refractivity contribution in [1.29, 1.82) is 0 Å². The number of unbranched alkanes of at least 4 members (excludes halogenated alkanes) is 1. The lowest BCUT2D eigenvalue weighted by Gasteiger charge is -2.24.